The van der Waals surface area contributed by atoms with Gasteiger partial charge in [0.15, 0.2) is 0 Å². The Bertz CT molecular complexity index is 500. The van der Waals surface area contributed by atoms with Gasteiger partial charge in [-0.15, -0.1) is 0 Å². The molecule has 0 saturated heterocycles. The molecular formula is C13H23N3O2S. The summed E-state index contributed by atoms with van der Waals surface area (Å²) in [5.74, 6) is 0.721. The maximum Gasteiger partial charge on any atom is 0.244 e. The molecule has 0 saturated carbocycles. The molecule has 1 atom stereocenters. The van der Waals surface area contributed by atoms with Gasteiger partial charge in [-0.05, 0) is 24.8 Å². The Morgan fingerprint density at radius 1 is 1.32 bits per heavy atom. The molecule has 0 aliphatic rings. The van der Waals surface area contributed by atoms with Crippen molar-refractivity contribution in [1.82, 2.24) is 9.71 Å². The first-order chi connectivity index (χ1) is 8.88. The Morgan fingerprint density at radius 3 is 2.58 bits per heavy atom. The van der Waals surface area contributed by atoms with Crippen molar-refractivity contribution in [2.24, 2.45) is 11.8 Å². The molecule has 1 aromatic heterocycles. The quantitative estimate of drug-likeness (QED) is 0.804. The minimum atomic E-state index is -3.52. The Balaban J connectivity index is 2.88. The molecule has 0 aliphatic carbocycles. The van der Waals surface area contributed by atoms with E-state index < -0.39 is 10.0 Å². The van der Waals surface area contributed by atoms with Gasteiger partial charge < -0.3 is 5.32 Å². The van der Waals surface area contributed by atoms with Crippen molar-refractivity contribution in [2.45, 2.75) is 32.6 Å². The van der Waals surface area contributed by atoms with Crippen LogP contribution in [0.25, 0.3) is 0 Å². The van der Waals surface area contributed by atoms with Crippen LogP contribution in [0.15, 0.2) is 23.4 Å². The van der Waals surface area contributed by atoms with Gasteiger partial charge in [-0.2, -0.15) is 0 Å². The number of hydrogen-bond donors (Lipinski definition) is 2. The van der Waals surface area contributed by atoms with Gasteiger partial charge in [-0.25, -0.2) is 13.1 Å². The van der Waals surface area contributed by atoms with Crippen molar-refractivity contribution < 1.29 is 8.42 Å². The van der Waals surface area contributed by atoms with Crippen LogP contribution in [0.5, 0.6) is 0 Å². The minimum Gasteiger partial charge on any atom is -0.384 e. The van der Waals surface area contributed by atoms with E-state index in [0.717, 1.165) is 0 Å². The standard InChI is InChI=1S/C13H23N3O2S/c1-5-15-12-6-7-14-9-13(12)19(17,18)16-8-11(4)10(2)3/h6-7,9-11,16H,5,8H2,1-4H3,(H,14,15). The van der Waals surface area contributed by atoms with Crippen molar-refractivity contribution in [1.29, 1.82) is 0 Å². The van der Waals surface area contributed by atoms with Gasteiger partial charge in [-0.1, -0.05) is 20.8 Å². The molecule has 6 heteroatoms. The SMILES string of the molecule is CCNc1ccncc1S(=O)(=O)NCC(C)C(C)C. The molecule has 0 spiro atoms. The third-order valence-electron chi connectivity index (χ3n) is 3.17. The number of anilines is 1. The largest absolute Gasteiger partial charge is 0.384 e. The maximum absolute atomic E-state index is 12.3. The van der Waals surface area contributed by atoms with Crippen molar-refractivity contribution in [2.75, 3.05) is 18.4 Å². The molecule has 0 aliphatic heterocycles. The van der Waals surface area contributed by atoms with E-state index in [1.54, 1.807) is 12.3 Å². The Labute approximate surface area is 115 Å². The zero-order chi connectivity index (χ0) is 14.5. The number of pyridine rings is 1. The number of sulfonamides is 1. The van der Waals surface area contributed by atoms with E-state index in [4.69, 9.17) is 0 Å². The number of nitrogens with one attached hydrogen (secondary N) is 2. The van der Waals surface area contributed by atoms with Crippen LogP contribution in [0.3, 0.4) is 0 Å². The summed E-state index contributed by atoms with van der Waals surface area (Å²) in [5.41, 5.74) is 0.585. The molecular weight excluding hydrogens is 262 g/mol. The van der Waals surface area contributed by atoms with E-state index >= 15 is 0 Å². The van der Waals surface area contributed by atoms with E-state index in [-0.39, 0.29) is 10.8 Å². The van der Waals surface area contributed by atoms with Gasteiger partial charge in [0.1, 0.15) is 4.90 Å². The molecule has 1 aromatic rings. The van der Waals surface area contributed by atoms with Crippen molar-refractivity contribution in [3.05, 3.63) is 18.5 Å². The first kappa shape index (κ1) is 15.9. The lowest BCUT2D eigenvalue weighted by molar-refractivity contribution is 0.414. The van der Waals surface area contributed by atoms with E-state index in [0.29, 0.717) is 24.7 Å². The summed E-state index contributed by atoms with van der Waals surface area (Å²) >= 11 is 0. The molecule has 0 radical (unpaired) electrons. The second-order valence-electron chi connectivity index (χ2n) is 4.98. The highest BCUT2D eigenvalue weighted by Gasteiger charge is 2.20. The highest BCUT2D eigenvalue weighted by molar-refractivity contribution is 7.89. The van der Waals surface area contributed by atoms with Gasteiger partial charge >= 0.3 is 0 Å². The summed E-state index contributed by atoms with van der Waals surface area (Å²) in [4.78, 5) is 4.10. The lowest BCUT2D eigenvalue weighted by atomic mass is 9.99. The van der Waals surface area contributed by atoms with Crippen LogP contribution in [-0.4, -0.2) is 26.5 Å². The number of hydrogen-bond acceptors (Lipinski definition) is 4. The van der Waals surface area contributed by atoms with E-state index in [1.807, 2.05) is 13.8 Å². The fraction of sp³-hybridized carbons (Fsp3) is 0.615. The fourth-order valence-corrected chi connectivity index (χ4v) is 2.75. The van der Waals surface area contributed by atoms with Gasteiger partial charge in [0.2, 0.25) is 10.0 Å². The summed E-state index contributed by atoms with van der Waals surface area (Å²) in [5, 5.41) is 3.03. The predicted molar refractivity (Wildman–Crippen MR) is 77.6 cm³/mol. The second-order valence-corrected chi connectivity index (χ2v) is 6.71. The van der Waals surface area contributed by atoms with Crippen molar-refractivity contribution >= 4 is 15.7 Å². The lowest BCUT2D eigenvalue weighted by Crippen LogP contribution is -2.30. The minimum absolute atomic E-state index is 0.202. The second kappa shape index (κ2) is 6.86. The average molecular weight is 285 g/mol. The first-order valence-electron chi connectivity index (χ1n) is 6.56. The molecule has 1 heterocycles. The van der Waals surface area contributed by atoms with Crippen LogP contribution in [-0.2, 0) is 10.0 Å². The summed E-state index contributed by atoms with van der Waals surface area (Å²) < 4.78 is 27.2. The van der Waals surface area contributed by atoms with Crippen LogP contribution < -0.4 is 10.0 Å². The number of aromatic nitrogens is 1. The third kappa shape index (κ3) is 4.47. The highest BCUT2D eigenvalue weighted by Crippen LogP contribution is 2.19. The van der Waals surface area contributed by atoms with Gasteiger partial charge in [0, 0.05) is 25.5 Å². The van der Waals surface area contributed by atoms with Crippen LogP contribution in [0, 0.1) is 11.8 Å². The van der Waals surface area contributed by atoms with E-state index in [9.17, 15) is 8.42 Å². The molecule has 0 amide bonds. The number of nitrogens with zero attached hydrogens (tertiary/aromatic N) is 1. The smallest absolute Gasteiger partial charge is 0.244 e. The van der Waals surface area contributed by atoms with Crippen LogP contribution in [0.1, 0.15) is 27.7 Å². The normalized spacial score (nSPS) is 13.5. The van der Waals surface area contributed by atoms with E-state index in [1.165, 1.54) is 6.20 Å². The summed E-state index contributed by atoms with van der Waals surface area (Å²) in [7, 11) is -3.52. The molecule has 5 nitrogen and oxygen atoms in total. The maximum atomic E-state index is 12.3. The summed E-state index contributed by atoms with van der Waals surface area (Å²) in [6.45, 7) is 9.20. The Kier molecular flexibility index (Phi) is 5.75. The van der Waals surface area contributed by atoms with Crippen LogP contribution in [0.2, 0.25) is 0 Å². The van der Waals surface area contributed by atoms with Crippen molar-refractivity contribution in [3.63, 3.8) is 0 Å². The van der Waals surface area contributed by atoms with Gasteiger partial charge in [0.25, 0.3) is 0 Å². The fourth-order valence-electron chi connectivity index (χ4n) is 1.49. The van der Waals surface area contributed by atoms with Crippen molar-refractivity contribution in [3.8, 4) is 0 Å². The Hall–Kier alpha value is -1.14. The number of rotatable bonds is 7. The monoisotopic (exact) mass is 285 g/mol. The highest BCUT2D eigenvalue weighted by atomic mass is 32.2. The molecule has 1 unspecified atom stereocenters. The lowest BCUT2D eigenvalue weighted by Gasteiger charge is -2.17. The third-order valence-corrected chi connectivity index (χ3v) is 4.63. The topological polar surface area (TPSA) is 71.1 Å². The molecule has 0 bridgehead atoms. The molecule has 2 N–H and O–H groups in total. The average Bonchev–Trinajstić information content (AvgIpc) is 2.37. The van der Waals surface area contributed by atoms with Gasteiger partial charge in [-0.3, -0.25) is 4.98 Å². The predicted octanol–water partition coefficient (Wildman–Crippen LogP) is 2.08. The molecule has 19 heavy (non-hydrogen) atoms. The molecule has 1 rings (SSSR count). The zero-order valence-corrected chi connectivity index (χ0v) is 12.8. The van der Waals surface area contributed by atoms with Crippen LogP contribution >= 0.6 is 0 Å². The summed E-state index contributed by atoms with van der Waals surface area (Å²) in [6.07, 6.45) is 2.95. The first-order valence-corrected chi connectivity index (χ1v) is 8.04. The van der Waals surface area contributed by atoms with Gasteiger partial charge in [0.05, 0.1) is 5.69 Å². The zero-order valence-electron chi connectivity index (χ0n) is 12.0. The molecule has 108 valence electrons. The summed E-state index contributed by atoms with van der Waals surface area (Å²) in [6, 6.07) is 1.67. The van der Waals surface area contributed by atoms with E-state index in [2.05, 4.69) is 28.9 Å². The molecule has 0 aromatic carbocycles. The van der Waals surface area contributed by atoms with Crippen LogP contribution in [0.4, 0.5) is 5.69 Å². The molecule has 0 fully saturated rings. The Morgan fingerprint density at radius 2 is 2.00 bits per heavy atom.